The second-order valence-corrected chi connectivity index (χ2v) is 8.83. The van der Waals surface area contributed by atoms with E-state index in [-0.39, 0.29) is 22.8 Å². The normalized spacial score (nSPS) is 31.9. The molecule has 0 saturated heterocycles. The van der Waals surface area contributed by atoms with Crippen molar-refractivity contribution >= 4 is 5.91 Å². The van der Waals surface area contributed by atoms with E-state index in [0.29, 0.717) is 18.9 Å². The molecule has 0 aliphatic heterocycles. The average molecular weight is 325 g/mol. The van der Waals surface area contributed by atoms with Crippen molar-refractivity contribution in [2.45, 2.75) is 84.8 Å². The fourth-order valence-corrected chi connectivity index (χ4v) is 4.69. The zero-order valence-electron chi connectivity index (χ0n) is 15.7. The lowest BCUT2D eigenvalue weighted by Crippen LogP contribution is -2.76. The molecule has 3 N–H and O–H groups in total. The van der Waals surface area contributed by atoms with Gasteiger partial charge in [-0.05, 0) is 37.5 Å². The Labute approximate surface area is 141 Å². The van der Waals surface area contributed by atoms with E-state index >= 15 is 0 Å². The van der Waals surface area contributed by atoms with Gasteiger partial charge in [-0.3, -0.25) is 4.79 Å². The number of rotatable bonds is 7. The fourth-order valence-electron chi connectivity index (χ4n) is 4.69. The highest BCUT2D eigenvalue weighted by molar-refractivity contribution is 5.88. The Kier molecular flexibility index (Phi) is 5.47. The van der Waals surface area contributed by atoms with E-state index in [1.807, 2.05) is 6.92 Å². The topological polar surface area (TPSA) is 64.3 Å². The van der Waals surface area contributed by atoms with Gasteiger partial charge >= 0.3 is 0 Å². The molecule has 0 aromatic carbocycles. The van der Waals surface area contributed by atoms with Crippen LogP contribution in [0.4, 0.5) is 0 Å². The van der Waals surface area contributed by atoms with Crippen LogP contribution in [0.25, 0.3) is 0 Å². The number of nitrogens with one attached hydrogen (secondary N) is 1. The maximum atomic E-state index is 12.8. The Morgan fingerprint density at radius 1 is 1.30 bits per heavy atom. The van der Waals surface area contributed by atoms with Crippen LogP contribution < -0.4 is 11.1 Å². The Bertz CT molecular complexity index is 427. The molecule has 2 atom stereocenters. The molecular weight excluding hydrogens is 288 g/mol. The molecule has 2 aliphatic carbocycles. The lowest BCUT2D eigenvalue weighted by atomic mass is 9.54. The van der Waals surface area contributed by atoms with E-state index in [1.165, 1.54) is 32.1 Å². The molecule has 0 spiro atoms. The van der Waals surface area contributed by atoms with E-state index in [1.54, 1.807) is 0 Å². The maximum absolute atomic E-state index is 12.8. The first-order valence-electron chi connectivity index (χ1n) is 9.36. The molecule has 0 bridgehead atoms. The molecule has 4 nitrogen and oxygen atoms in total. The predicted molar refractivity (Wildman–Crippen MR) is 94.1 cm³/mol. The molecule has 1 amide bonds. The second kappa shape index (κ2) is 6.72. The molecule has 2 aliphatic rings. The maximum Gasteiger partial charge on any atom is 0.240 e. The third-order valence-electron chi connectivity index (χ3n) is 6.36. The summed E-state index contributed by atoms with van der Waals surface area (Å²) in [6, 6.07) is 0. The van der Waals surface area contributed by atoms with Crippen LogP contribution >= 0.6 is 0 Å². The summed E-state index contributed by atoms with van der Waals surface area (Å²) in [6.07, 6.45) is 6.93. The zero-order chi connectivity index (χ0) is 17.3. The molecule has 0 aromatic heterocycles. The number of nitrogens with two attached hydrogens (primary N) is 1. The van der Waals surface area contributed by atoms with Gasteiger partial charge in [-0.15, -0.1) is 0 Å². The molecule has 2 saturated carbocycles. The Morgan fingerprint density at radius 2 is 1.91 bits per heavy atom. The molecule has 2 rings (SSSR count). The summed E-state index contributed by atoms with van der Waals surface area (Å²) >= 11 is 0. The largest absolute Gasteiger partial charge is 0.378 e. The highest BCUT2D eigenvalue weighted by Crippen LogP contribution is 2.50. The third kappa shape index (κ3) is 3.43. The van der Waals surface area contributed by atoms with E-state index in [0.717, 1.165) is 6.54 Å². The molecule has 0 aromatic rings. The number of ether oxygens (including phenoxy) is 1. The van der Waals surface area contributed by atoms with Gasteiger partial charge in [0.1, 0.15) is 5.54 Å². The quantitative estimate of drug-likeness (QED) is 0.755. The first kappa shape index (κ1) is 18.7. The van der Waals surface area contributed by atoms with Crippen molar-refractivity contribution in [2.24, 2.45) is 22.5 Å². The minimum absolute atomic E-state index is 0.00786. The second-order valence-electron chi connectivity index (χ2n) is 8.83. The Morgan fingerprint density at radius 3 is 2.39 bits per heavy atom. The number of hydrogen-bond donors (Lipinski definition) is 2. The van der Waals surface area contributed by atoms with Gasteiger partial charge in [0.15, 0.2) is 0 Å². The lowest BCUT2D eigenvalue weighted by Gasteiger charge is -2.57. The van der Waals surface area contributed by atoms with Crippen molar-refractivity contribution in [1.29, 1.82) is 0 Å². The van der Waals surface area contributed by atoms with E-state index in [9.17, 15) is 4.79 Å². The van der Waals surface area contributed by atoms with Crippen molar-refractivity contribution in [1.82, 2.24) is 5.32 Å². The molecule has 134 valence electrons. The monoisotopic (exact) mass is 324 g/mol. The summed E-state index contributed by atoms with van der Waals surface area (Å²) in [7, 11) is 0. The molecule has 23 heavy (non-hydrogen) atoms. The minimum atomic E-state index is -0.801. The SMILES string of the molecule is CCOC1CC(N)(C(=O)NCC2(CC(C)C)CCCC2)C1(C)C. The van der Waals surface area contributed by atoms with Crippen LogP contribution in [-0.4, -0.2) is 30.7 Å². The summed E-state index contributed by atoms with van der Waals surface area (Å²) in [4.78, 5) is 12.8. The smallest absolute Gasteiger partial charge is 0.240 e. The van der Waals surface area contributed by atoms with E-state index in [4.69, 9.17) is 10.5 Å². The lowest BCUT2D eigenvalue weighted by molar-refractivity contribution is -0.171. The first-order chi connectivity index (χ1) is 10.7. The van der Waals surface area contributed by atoms with Crippen molar-refractivity contribution < 1.29 is 9.53 Å². The van der Waals surface area contributed by atoms with Gasteiger partial charge in [0.25, 0.3) is 0 Å². The highest BCUT2D eigenvalue weighted by Gasteiger charge is 2.62. The molecule has 0 heterocycles. The predicted octanol–water partition coefficient (Wildman–Crippen LogP) is 3.24. The number of amides is 1. The molecular formula is C19H36N2O2. The summed E-state index contributed by atoms with van der Waals surface area (Å²) in [5.41, 5.74) is 5.65. The molecule has 4 heteroatoms. The van der Waals surface area contributed by atoms with Gasteiger partial charge in [-0.2, -0.15) is 0 Å². The van der Waals surface area contributed by atoms with E-state index < -0.39 is 5.54 Å². The molecule has 0 radical (unpaired) electrons. The Balaban J connectivity index is 1.96. The van der Waals surface area contributed by atoms with Gasteiger partial charge < -0.3 is 15.8 Å². The van der Waals surface area contributed by atoms with Crippen molar-refractivity contribution in [3.8, 4) is 0 Å². The van der Waals surface area contributed by atoms with Gasteiger partial charge in [0.05, 0.1) is 6.10 Å². The summed E-state index contributed by atoms with van der Waals surface area (Å²) in [5.74, 6) is 0.674. The average Bonchev–Trinajstić information content (AvgIpc) is 2.92. The van der Waals surface area contributed by atoms with Gasteiger partial charge in [0.2, 0.25) is 5.91 Å². The highest BCUT2D eigenvalue weighted by atomic mass is 16.5. The van der Waals surface area contributed by atoms with Crippen LogP contribution in [0.15, 0.2) is 0 Å². The minimum Gasteiger partial charge on any atom is -0.378 e. The van der Waals surface area contributed by atoms with Crippen molar-refractivity contribution in [3.63, 3.8) is 0 Å². The van der Waals surface area contributed by atoms with Crippen molar-refractivity contribution in [3.05, 3.63) is 0 Å². The van der Waals surface area contributed by atoms with Gasteiger partial charge in [-0.1, -0.05) is 40.5 Å². The van der Waals surface area contributed by atoms with Gasteiger partial charge in [-0.25, -0.2) is 0 Å². The first-order valence-corrected chi connectivity index (χ1v) is 9.36. The van der Waals surface area contributed by atoms with Crippen molar-refractivity contribution in [2.75, 3.05) is 13.2 Å². The van der Waals surface area contributed by atoms with Crippen LogP contribution in [0.3, 0.4) is 0 Å². The number of carbonyl (C=O) groups excluding carboxylic acids is 1. The van der Waals surface area contributed by atoms with Crippen LogP contribution in [0, 0.1) is 16.7 Å². The number of hydrogen-bond acceptors (Lipinski definition) is 3. The third-order valence-corrected chi connectivity index (χ3v) is 6.36. The van der Waals surface area contributed by atoms with Crippen LogP contribution in [0.1, 0.15) is 73.1 Å². The number of carbonyl (C=O) groups is 1. The van der Waals surface area contributed by atoms with Crippen LogP contribution in [-0.2, 0) is 9.53 Å². The summed E-state index contributed by atoms with van der Waals surface area (Å²) < 4.78 is 5.73. The molecule has 2 fully saturated rings. The Hall–Kier alpha value is -0.610. The zero-order valence-corrected chi connectivity index (χ0v) is 15.7. The summed E-state index contributed by atoms with van der Waals surface area (Å²) in [5, 5.41) is 3.21. The van der Waals surface area contributed by atoms with Crippen LogP contribution in [0.5, 0.6) is 0 Å². The molecule has 2 unspecified atom stereocenters. The van der Waals surface area contributed by atoms with Gasteiger partial charge in [0, 0.05) is 25.0 Å². The van der Waals surface area contributed by atoms with Crippen LogP contribution in [0.2, 0.25) is 0 Å². The standard InChI is InChI=1S/C19H36N2O2/c1-6-23-15-12-19(20,17(15,4)5)16(22)21-13-18(11-14(2)3)9-7-8-10-18/h14-15H,6-13,20H2,1-5H3,(H,21,22). The van der Waals surface area contributed by atoms with E-state index in [2.05, 4.69) is 33.0 Å². The summed E-state index contributed by atoms with van der Waals surface area (Å²) in [6.45, 7) is 12.1. The fraction of sp³-hybridized carbons (Fsp3) is 0.947.